The highest BCUT2D eigenvalue weighted by Gasteiger charge is 2.30. The fourth-order valence-electron chi connectivity index (χ4n) is 3.09. The summed E-state index contributed by atoms with van der Waals surface area (Å²) in [4.78, 5) is 31.4. The van der Waals surface area contributed by atoms with Crippen LogP contribution in [-0.2, 0) is 4.79 Å². The van der Waals surface area contributed by atoms with E-state index in [0.717, 1.165) is 18.7 Å². The Morgan fingerprint density at radius 1 is 1.38 bits per heavy atom. The highest BCUT2D eigenvalue weighted by Crippen LogP contribution is 2.26. The van der Waals surface area contributed by atoms with Crippen LogP contribution in [0.4, 0.5) is 0 Å². The van der Waals surface area contributed by atoms with Crippen molar-refractivity contribution in [2.75, 3.05) is 26.0 Å². The first-order valence-corrected chi connectivity index (χ1v) is 9.54. The third-order valence-electron chi connectivity index (χ3n) is 4.42. The van der Waals surface area contributed by atoms with Crippen LogP contribution in [-0.4, -0.2) is 57.7 Å². The fourth-order valence-corrected chi connectivity index (χ4v) is 3.84. The minimum absolute atomic E-state index is 0.00924. The number of benzene rings is 1. The van der Waals surface area contributed by atoms with Crippen LogP contribution in [0.2, 0.25) is 0 Å². The number of carbonyl (C=O) groups excluding carboxylic acids is 2. The zero-order chi connectivity index (χ0) is 18.5. The molecule has 1 amide bonds. The summed E-state index contributed by atoms with van der Waals surface area (Å²) in [6, 6.07) is 7.24. The second-order valence-electron chi connectivity index (χ2n) is 6.24. The lowest BCUT2D eigenvalue weighted by molar-refractivity contribution is -0.129. The van der Waals surface area contributed by atoms with Gasteiger partial charge in [-0.3, -0.25) is 14.7 Å². The molecule has 7 nitrogen and oxygen atoms in total. The zero-order valence-corrected chi connectivity index (χ0v) is 15.7. The Morgan fingerprint density at radius 2 is 2.19 bits per heavy atom. The van der Waals surface area contributed by atoms with Gasteiger partial charge in [-0.2, -0.15) is 0 Å². The number of H-pyrrole nitrogens is 1. The van der Waals surface area contributed by atoms with Crippen LogP contribution in [0.1, 0.15) is 29.0 Å². The Morgan fingerprint density at radius 3 is 2.92 bits per heavy atom. The molecular weight excluding hydrogens is 352 g/mol. The summed E-state index contributed by atoms with van der Waals surface area (Å²) in [6.07, 6.45) is 1.61. The number of aromatic amines is 1. The molecule has 3 rings (SSSR count). The van der Waals surface area contributed by atoms with E-state index < -0.39 is 0 Å². The van der Waals surface area contributed by atoms with Crippen LogP contribution in [0.15, 0.2) is 29.4 Å². The quantitative estimate of drug-likeness (QED) is 0.617. The standard InChI is InChI=1S/C18H22N4O3S/c1-12-19-18(21-20-12)26-11-16(23)22-9-5-6-13(10-22)17(24)14-7-3-4-8-15(14)25-2/h3-4,7-8,13H,5-6,9-11H2,1-2H3,(H,19,20,21). The number of aryl methyl sites for hydroxylation is 1. The first-order valence-electron chi connectivity index (χ1n) is 8.55. The SMILES string of the molecule is COc1ccccc1C(=O)C1CCCN(C(=O)CSc2n[nH]c(C)n2)C1. The third kappa shape index (κ3) is 4.24. The Hall–Kier alpha value is -2.35. The van der Waals surface area contributed by atoms with E-state index in [2.05, 4.69) is 15.2 Å². The van der Waals surface area contributed by atoms with Gasteiger partial charge >= 0.3 is 0 Å². The zero-order valence-electron chi connectivity index (χ0n) is 14.9. The van der Waals surface area contributed by atoms with Gasteiger partial charge in [0.05, 0.1) is 18.4 Å². The highest BCUT2D eigenvalue weighted by molar-refractivity contribution is 7.99. The predicted octanol–water partition coefficient (Wildman–Crippen LogP) is 2.34. The van der Waals surface area contributed by atoms with Gasteiger partial charge in [0.25, 0.3) is 0 Å². The van der Waals surface area contributed by atoms with Crippen molar-refractivity contribution in [1.82, 2.24) is 20.1 Å². The van der Waals surface area contributed by atoms with Crippen LogP contribution >= 0.6 is 11.8 Å². The Labute approximate surface area is 156 Å². The molecule has 1 N–H and O–H groups in total. The van der Waals surface area contributed by atoms with Crippen LogP contribution in [0.25, 0.3) is 0 Å². The molecule has 0 saturated carbocycles. The number of likely N-dealkylation sites (tertiary alicyclic amines) is 1. The van der Waals surface area contributed by atoms with E-state index in [9.17, 15) is 9.59 Å². The van der Waals surface area contributed by atoms with Crippen molar-refractivity contribution in [3.8, 4) is 5.75 Å². The number of rotatable bonds is 6. The summed E-state index contributed by atoms with van der Waals surface area (Å²) in [5.74, 6) is 1.43. The van der Waals surface area contributed by atoms with E-state index in [1.807, 2.05) is 19.1 Å². The molecule has 1 atom stereocenters. The first-order chi connectivity index (χ1) is 12.6. The average Bonchev–Trinajstić information content (AvgIpc) is 3.10. The Kier molecular flexibility index (Phi) is 5.92. The molecule has 2 aromatic rings. The van der Waals surface area contributed by atoms with E-state index in [-0.39, 0.29) is 23.4 Å². The molecule has 1 aromatic heterocycles. The Bertz CT molecular complexity index is 792. The topological polar surface area (TPSA) is 88.2 Å². The number of hydrogen-bond donors (Lipinski definition) is 1. The van der Waals surface area contributed by atoms with Crippen molar-refractivity contribution >= 4 is 23.5 Å². The maximum absolute atomic E-state index is 12.9. The summed E-state index contributed by atoms with van der Waals surface area (Å²) >= 11 is 1.31. The van der Waals surface area contributed by atoms with Gasteiger partial charge in [0.2, 0.25) is 11.1 Å². The minimum atomic E-state index is -0.195. The molecule has 0 radical (unpaired) electrons. The summed E-state index contributed by atoms with van der Waals surface area (Å²) in [6.45, 7) is 2.95. The van der Waals surface area contributed by atoms with Gasteiger partial charge in [-0.15, -0.1) is 5.10 Å². The van der Waals surface area contributed by atoms with E-state index in [0.29, 0.717) is 29.6 Å². The molecule has 1 fully saturated rings. The number of para-hydroxylation sites is 1. The molecule has 1 aliphatic heterocycles. The highest BCUT2D eigenvalue weighted by atomic mass is 32.2. The van der Waals surface area contributed by atoms with Crippen molar-refractivity contribution in [3.63, 3.8) is 0 Å². The first kappa shape index (κ1) is 18.4. The summed E-state index contributed by atoms with van der Waals surface area (Å²) in [7, 11) is 1.56. The van der Waals surface area contributed by atoms with Gasteiger partial charge in [-0.1, -0.05) is 23.9 Å². The summed E-state index contributed by atoms with van der Waals surface area (Å²) in [5.41, 5.74) is 0.583. The predicted molar refractivity (Wildman–Crippen MR) is 98.5 cm³/mol. The molecule has 0 spiro atoms. The van der Waals surface area contributed by atoms with E-state index in [1.54, 1.807) is 24.1 Å². The Balaban J connectivity index is 1.61. The van der Waals surface area contributed by atoms with Crippen molar-refractivity contribution in [2.24, 2.45) is 5.92 Å². The average molecular weight is 374 g/mol. The smallest absolute Gasteiger partial charge is 0.233 e. The number of thioether (sulfide) groups is 1. The fraction of sp³-hybridized carbons (Fsp3) is 0.444. The van der Waals surface area contributed by atoms with E-state index >= 15 is 0 Å². The van der Waals surface area contributed by atoms with Crippen LogP contribution in [0, 0.1) is 12.8 Å². The number of methoxy groups -OCH3 is 1. The number of amides is 1. The van der Waals surface area contributed by atoms with Gasteiger partial charge in [-0.05, 0) is 31.9 Å². The number of hydrogen-bond acceptors (Lipinski definition) is 6. The lowest BCUT2D eigenvalue weighted by Gasteiger charge is -2.32. The molecule has 138 valence electrons. The molecule has 26 heavy (non-hydrogen) atoms. The van der Waals surface area contributed by atoms with Crippen LogP contribution in [0.3, 0.4) is 0 Å². The third-order valence-corrected chi connectivity index (χ3v) is 5.25. The molecule has 1 saturated heterocycles. The summed E-state index contributed by atoms with van der Waals surface area (Å²) < 4.78 is 5.30. The number of nitrogens with zero attached hydrogens (tertiary/aromatic N) is 3. The number of Topliss-reactive ketones (excluding diaryl/α,β-unsaturated/α-hetero) is 1. The molecule has 1 unspecified atom stereocenters. The van der Waals surface area contributed by atoms with Crippen molar-refractivity contribution < 1.29 is 14.3 Å². The largest absolute Gasteiger partial charge is 0.496 e. The molecule has 0 bridgehead atoms. The van der Waals surface area contributed by atoms with Crippen LogP contribution in [0.5, 0.6) is 5.75 Å². The summed E-state index contributed by atoms with van der Waals surface area (Å²) in [5, 5.41) is 7.35. The molecule has 0 aliphatic carbocycles. The monoisotopic (exact) mass is 374 g/mol. The molecular formula is C18H22N4O3S. The molecule has 1 aliphatic rings. The molecule has 2 heterocycles. The van der Waals surface area contributed by atoms with Crippen molar-refractivity contribution in [2.45, 2.75) is 24.9 Å². The van der Waals surface area contributed by atoms with E-state index in [4.69, 9.17) is 4.74 Å². The number of nitrogens with one attached hydrogen (secondary N) is 1. The maximum atomic E-state index is 12.9. The number of ether oxygens (including phenoxy) is 1. The minimum Gasteiger partial charge on any atom is -0.496 e. The van der Waals surface area contributed by atoms with Crippen molar-refractivity contribution in [1.29, 1.82) is 0 Å². The number of carbonyl (C=O) groups is 2. The maximum Gasteiger partial charge on any atom is 0.233 e. The van der Waals surface area contributed by atoms with Gasteiger partial charge < -0.3 is 9.64 Å². The molecule has 1 aromatic carbocycles. The second kappa shape index (κ2) is 8.35. The van der Waals surface area contributed by atoms with Gasteiger partial charge in [0, 0.05) is 19.0 Å². The lowest BCUT2D eigenvalue weighted by Crippen LogP contribution is -2.43. The number of aromatic nitrogens is 3. The number of piperidine rings is 1. The number of ketones is 1. The normalized spacial score (nSPS) is 17.2. The van der Waals surface area contributed by atoms with Gasteiger partial charge in [-0.25, -0.2) is 4.98 Å². The van der Waals surface area contributed by atoms with E-state index in [1.165, 1.54) is 11.8 Å². The van der Waals surface area contributed by atoms with Gasteiger partial charge in [0.1, 0.15) is 11.6 Å². The molecule has 8 heteroatoms. The van der Waals surface area contributed by atoms with Crippen molar-refractivity contribution in [3.05, 3.63) is 35.7 Å². The second-order valence-corrected chi connectivity index (χ2v) is 7.18. The lowest BCUT2D eigenvalue weighted by atomic mass is 9.89. The van der Waals surface area contributed by atoms with Crippen LogP contribution < -0.4 is 4.74 Å². The van der Waals surface area contributed by atoms with Gasteiger partial charge in [0.15, 0.2) is 5.78 Å².